The Morgan fingerprint density at radius 2 is 2.00 bits per heavy atom. The molecule has 154 valence electrons. The van der Waals surface area contributed by atoms with Gasteiger partial charge in [-0.2, -0.15) is 0 Å². The van der Waals surface area contributed by atoms with Crippen molar-refractivity contribution in [2.24, 2.45) is 0 Å². The summed E-state index contributed by atoms with van der Waals surface area (Å²) in [7, 11) is 0. The lowest BCUT2D eigenvalue weighted by Gasteiger charge is -2.30. The molecule has 0 bridgehead atoms. The molecule has 0 aromatic heterocycles. The number of nitrogens with one attached hydrogen (secondary N) is 1. The third kappa shape index (κ3) is 5.87. The predicted molar refractivity (Wildman–Crippen MR) is 114 cm³/mol. The first-order valence-corrected chi connectivity index (χ1v) is 10.2. The highest BCUT2D eigenvalue weighted by atomic mass is 35.5. The van der Waals surface area contributed by atoms with Crippen LogP contribution in [0.3, 0.4) is 0 Å². The van der Waals surface area contributed by atoms with E-state index in [0.717, 1.165) is 25.0 Å². The van der Waals surface area contributed by atoms with Crippen LogP contribution in [-0.4, -0.2) is 31.6 Å². The van der Waals surface area contributed by atoms with Crippen LogP contribution in [0.25, 0.3) is 0 Å². The largest absolute Gasteiger partial charge is 0.494 e. The maximum atomic E-state index is 12.4. The smallest absolute Gasteiger partial charge is 0.265 e. The van der Waals surface area contributed by atoms with Crippen LogP contribution in [0.15, 0.2) is 42.5 Å². The van der Waals surface area contributed by atoms with E-state index in [4.69, 9.17) is 21.1 Å². The minimum Gasteiger partial charge on any atom is -0.494 e. The number of ether oxygens (including phenoxy) is 2. The van der Waals surface area contributed by atoms with Crippen molar-refractivity contribution >= 4 is 34.8 Å². The van der Waals surface area contributed by atoms with Gasteiger partial charge in [0.25, 0.3) is 5.91 Å². The summed E-state index contributed by atoms with van der Waals surface area (Å²) in [5.74, 6) is 1.29. The molecule has 0 radical (unpaired) electrons. The molecular formula is C22H25ClN2O4. The lowest BCUT2D eigenvalue weighted by Crippen LogP contribution is -2.39. The maximum Gasteiger partial charge on any atom is 0.265 e. The number of hydrogen-bond acceptors (Lipinski definition) is 4. The second-order valence-corrected chi connectivity index (χ2v) is 7.26. The van der Waals surface area contributed by atoms with Crippen LogP contribution in [0.1, 0.15) is 32.6 Å². The van der Waals surface area contributed by atoms with E-state index >= 15 is 0 Å². The molecule has 6 nitrogen and oxygen atoms in total. The number of amides is 2. The zero-order valence-electron chi connectivity index (χ0n) is 16.4. The Labute approximate surface area is 175 Å². The molecule has 2 amide bonds. The van der Waals surface area contributed by atoms with Crippen LogP contribution in [0, 0.1) is 0 Å². The van der Waals surface area contributed by atoms with E-state index in [1.165, 1.54) is 0 Å². The molecule has 1 N–H and O–H groups in total. The van der Waals surface area contributed by atoms with Gasteiger partial charge in [-0.15, -0.1) is 0 Å². The highest BCUT2D eigenvalue weighted by Crippen LogP contribution is 2.34. The maximum absolute atomic E-state index is 12.4. The molecule has 7 heteroatoms. The van der Waals surface area contributed by atoms with Gasteiger partial charge in [-0.05, 0) is 61.7 Å². The fourth-order valence-corrected chi connectivity index (χ4v) is 3.19. The molecule has 0 fully saturated rings. The third-order valence-corrected chi connectivity index (χ3v) is 4.77. The summed E-state index contributed by atoms with van der Waals surface area (Å²) in [4.78, 5) is 26.0. The highest BCUT2D eigenvalue weighted by Gasteiger charge is 2.25. The van der Waals surface area contributed by atoms with Gasteiger partial charge in [0.2, 0.25) is 5.91 Å². The van der Waals surface area contributed by atoms with Crippen LogP contribution in [-0.2, 0) is 9.59 Å². The Balaban J connectivity index is 1.55. The highest BCUT2D eigenvalue weighted by molar-refractivity contribution is 6.30. The number of anilines is 2. The first-order valence-electron chi connectivity index (χ1n) is 9.82. The first kappa shape index (κ1) is 21.0. The van der Waals surface area contributed by atoms with Crippen molar-refractivity contribution in [3.63, 3.8) is 0 Å². The van der Waals surface area contributed by atoms with Crippen LogP contribution < -0.4 is 19.7 Å². The van der Waals surface area contributed by atoms with Crippen LogP contribution in [0.4, 0.5) is 11.4 Å². The molecular weight excluding hydrogens is 392 g/mol. The van der Waals surface area contributed by atoms with Crippen LogP contribution in [0.2, 0.25) is 5.02 Å². The van der Waals surface area contributed by atoms with Crippen molar-refractivity contribution in [3.05, 3.63) is 47.5 Å². The molecule has 1 heterocycles. The zero-order valence-corrected chi connectivity index (χ0v) is 17.2. The molecule has 0 unspecified atom stereocenters. The summed E-state index contributed by atoms with van der Waals surface area (Å²) in [6.45, 7) is 3.10. The van der Waals surface area contributed by atoms with E-state index in [-0.39, 0.29) is 18.4 Å². The van der Waals surface area contributed by atoms with Gasteiger partial charge >= 0.3 is 0 Å². The number of rotatable bonds is 9. The number of carbonyl (C=O) groups excluding carboxylic acids is 2. The Bertz CT molecular complexity index is 854. The standard InChI is InChI=1S/C22H25ClN2O4/c1-2-5-21(26)24-17-8-11-20-19(14-17)25(22(27)15-29-20)12-3-4-13-28-18-9-6-16(23)7-10-18/h6-11,14H,2-5,12-13,15H2,1H3,(H,24,26). The third-order valence-electron chi connectivity index (χ3n) is 4.52. The lowest BCUT2D eigenvalue weighted by molar-refractivity contribution is -0.121. The molecule has 2 aromatic rings. The van der Waals surface area contributed by atoms with E-state index in [0.29, 0.717) is 41.7 Å². The average molecular weight is 417 g/mol. The lowest BCUT2D eigenvalue weighted by atomic mass is 10.2. The normalized spacial score (nSPS) is 12.9. The first-order chi connectivity index (χ1) is 14.1. The predicted octanol–water partition coefficient (Wildman–Crippen LogP) is 4.66. The molecule has 1 aliphatic heterocycles. The summed E-state index contributed by atoms with van der Waals surface area (Å²) < 4.78 is 11.2. The molecule has 0 atom stereocenters. The van der Waals surface area contributed by atoms with Crippen molar-refractivity contribution in [1.82, 2.24) is 0 Å². The molecule has 0 spiro atoms. The Morgan fingerprint density at radius 1 is 1.21 bits per heavy atom. The van der Waals surface area contributed by atoms with E-state index in [1.54, 1.807) is 35.2 Å². The molecule has 1 aliphatic rings. The minimum absolute atomic E-state index is 0.0236. The van der Waals surface area contributed by atoms with E-state index in [1.807, 2.05) is 19.1 Å². The minimum atomic E-state index is -0.0897. The van der Waals surface area contributed by atoms with Gasteiger partial charge in [0.05, 0.1) is 12.3 Å². The van der Waals surface area contributed by atoms with E-state index < -0.39 is 0 Å². The van der Waals surface area contributed by atoms with E-state index in [2.05, 4.69) is 5.32 Å². The zero-order chi connectivity index (χ0) is 20.6. The molecule has 0 saturated heterocycles. The Hall–Kier alpha value is -2.73. The summed E-state index contributed by atoms with van der Waals surface area (Å²) in [5.41, 5.74) is 1.35. The number of nitrogens with zero attached hydrogens (tertiary/aromatic N) is 1. The van der Waals surface area contributed by atoms with Gasteiger partial charge in [0.1, 0.15) is 11.5 Å². The second-order valence-electron chi connectivity index (χ2n) is 6.82. The topological polar surface area (TPSA) is 67.9 Å². The van der Waals surface area contributed by atoms with Gasteiger partial charge in [0.15, 0.2) is 6.61 Å². The SMILES string of the molecule is CCCC(=O)Nc1ccc2c(c1)N(CCCCOc1ccc(Cl)cc1)C(=O)CO2. The number of hydrogen-bond donors (Lipinski definition) is 1. The van der Waals surface area contributed by atoms with Gasteiger partial charge in [-0.25, -0.2) is 0 Å². The number of halogens is 1. The fraction of sp³-hybridized carbons (Fsp3) is 0.364. The summed E-state index contributed by atoms with van der Waals surface area (Å²) >= 11 is 5.86. The second kappa shape index (κ2) is 10.2. The number of benzene rings is 2. The summed E-state index contributed by atoms with van der Waals surface area (Å²) in [6.07, 6.45) is 2.83. The Kier molecular flexibility index (Phi) is 7.36. The fourth-order valence-electron chi connectivity index (χ4n) is 3.07. The monoisotopic (exact) mass is 416 g/mol. The quantitative estimate of drug-likeness (QED) is 0.603. The van der Waals surface area contributed by atoms with Crippen molar-refractivity contribution in [3.8, 4) is 11.5 Å². The summed E-state index contributed by atoms with van der Waals surface area (Å²) in [5, 5.41) is 3.54. The molecule has 29 heavy (non-hydrogen) atoms. The molecule has 3 rings (SSSR count). The van der Waals surface area contributed by atoms with Crippen molar-refractivity contribution in [1.29, 1.82) is 0 Å². The van der Waals surface area contributed by atoms with Crippen molar-refractivity contribution < 1.29 is 19.1 Å². The van der Waals surface area contributed by atoms with E-state index in [9.17, 15) is 9.59 Å². The molecule has 2 aromatic carbocycles. The molecule has 0 aliphatic carbocycles. The van der Waals surface area contributed by atoms with Crippen LogP contribution >= 0.6 is 11.6 Å². The van der Waals surface area contributed by atoms with Crippen molar-refractivity contribution in [2.75, 3.05) is 30.0 Å². The van der Waals surface area contributed by atoms with Crippen LogP contribution in [0.5, 0.6) is 11.5 Å². The number of fused-ring (bicyclic) bond motifs is 1. The van der Waals surface area contributed by atoms with Gasteiger partial charge in [-0.1, -0.05) is 18.5 Å². The Morgan fingerprint density at radius 3 is 2.76 bits per heavy atom. The van der Waals surface area contributed by atoms with Gasteiger partial charge in [0, 0.05) is 23.7 Å². The molecule has 0 saturated carbocycles. The average Bonchev–Trinajstić information content (AvgIpc) is 2.71. The van der Waals surface area contributed by atoms with Crippen molar-refractivity contribution in [2.45, 2.75) is 32.6 Å². The number of unbranched alkanes of at least 4 members (excludes halogenated alkanes) is 1. The van der Waals surface area contributed by atoms with Gasteiger partial charge in [-0.3, -0.25) is 9.59 Å². The number of carbonyl (C=O) groups is 2. The summed E-state index contributed by atoms with van der Waals surface area (Å²) in [6, 6.07) is 12.6. The van der Waals surface area contributed by atoms with Gasteiger partial charge < -0.3 is 19.7 Å².